The molecule has 24 heavy (non-hydrogen) atoms. The number of rotatable bonds is 3. The van der Waals surface area contributed by atoms with Gasteiger partial charge in [0.2, 0.25) is 0 Å². The number of fused-ring (bicyclic) bond motifs is 1. The van der Waals surface area contributed by atoms with Gasteiger partial charge < -0.3 is 9.84 Å². The van der Waals surface area contributed by atoms with Crippen LogP contribution >= 0.6 is 0 Å². The first-order valence-corrected chi connectivity index (χ1v) is 6.93. The third-order valence-corrected chi connectivity index (χ3v) is 3.49. The molecule has 2 aromatic carbocycles. The van der Waals surface area contributed by atoms with Crippen LogP contribution in [0.4, 0.5) is 5.69 Å². The van der Waals surface area contributed by atoms with E-state index in [1.54, 1.807) is 0 Å². The van der Waals surface area contributed by atoms with E-state index < -0.39 is 23.8 Å². The Morgan fingerprint density at radius 2 is 1.58 bits per heavy atom. The van der Waals surface area contributed by atoms with Gasteiger partial charge in [-0.2, -0.15) is 0 Å². The summed E-state index contributed by atoms with van der Waals surface area (Å²) in [4.78, 5) is 47.8. The Kier molecular flexibility index (Phi) is 3.61. The number of hydrogen-bond donors (Lipinski definition) is 1. The third-order valence-electron chi connectivity index (χ3n) is 3.49. The van der Waals surface area contributed by atoms with Gasteiger partial charge in [0.05, 0.1) is 22.4 Å². The molecule has 0 aromatic heterocycles. The molecular weight excluding hydrogens is 314 g/mol. The van der Waals surface area contributed by atoms with Gasteiger partial charge in [0.1, 0.15) is 5.75 Å². The molecule has 2 amide bonds. The van der Waals surface area contributed by atoms with Gasteiger partial charge in [-0.15, -0.1) is 0 Å². The van der Waals surface area contributed by atoms with Crippen molar-refractivity contribution in [1.82, 2.24) is 0 Å². The number of carbonyl (C=O) groups is 4. The van der Waals surface area contributed by atoms with E-state index in [1.165, 1.54) is 49.4 Å². The minimum Gasteiger partial charge on any atom is -0.478 e. The maximum absolute atomic E-state index is 12.5. The first-order valence-electron chi connectivity index (χ1n) is 6.93. The van der Waals surface area contributed by atoms with Gasteiger partial charge >= 0.3 is 11.9 Å². The molecule has 0 spiro atoms. The number of amides is 2. The number of esters is 1. The highest BCUT2D eigenvalue weighted by Gasteiger charge is 2.37. The first kappa shape index (κ1) is 15.4. The Balaban J connectivity index is 1.97. The van der Waals surface area contributed by atoms with E-state index in [2.05, 4.69) is 0 Å². The van der Waals surface area contributed by atoms with Crippen LogP contribution in [0.15, 0.2) is 42.5 Å². The lowest BCUT2D eigenvalue weighted by Crippen LogP contribution is -2.29. The standard InChI is InChI=1S/C17H11NO6/c1-9(19)24-12-6-7-13-14(8-12)16(21)18(15(13)20)11-4-2-10(3-5-11)17(22)23/h2-8H,1H3,(H,22,23). The van der Waals surface area contributed by atoms with Crippen molar-refractivity contribution < 1.29 is 29.0 Å². The van der Waals surface area contributed by atoms with Gasteiger partial charge in [0.25, 0.3) is 11.8 Å². The normalized spacial score (nSPS) is 13.0. The number of aromatic carboxylic acids is 1. The molecular formula is C17H11NO6. The molecule has 0 aliphatic carbocycles. The lowest BCUT2D eigenvalue weighted by molar-refractivity contribution is -0.131. The van der Waals surface area contributed by atoms with Crippen molar-refractivity contribution in [2.75, 3.05) is 4.90 Å². The van der Waals surface area contributed by atoms with Crippen LogP contribution in [0.25, 0.3) is 0 Å². The molecule has 0 radical (unpaired) electrons. The van der Waals surface area contributed by atoms with Crippen molar-refractivity contribution in [3.63, 3.8) is 0 Å². The van der Waals surface area contributed by atoms with Crippen LogP contribution < -0.4 is 9.64 Å². The Morgan fingerprint density at radius 3 is 2.17 bits per heavy atom. The van der Waals surface area contributed by atoms with Crippen LogP contribution in [-0.2, 0) is 4.79 Å². The summed E-state index contributed by atoms with van der Waals surface area (Å²) in [7, 11) is 0. The zero-order valence-corrected chi connectivity index (χ0v) is 12.5. The number of carboxylic acids is 1. The molecule has 0 saturated carbocycles. The highest BCUT2D eigenvalue weighted by Crippen LogP contribution is 2.31. The second-order valence-electron chi connectivity index (χ2n) is 5.10. The number of imide groups is 1. The maximum Gasteiger partial charge on any atom is 0.335 e. The minimum absolute atomic E-state index is 0.0486. The van der Waals surface area contributed by atoms with E-state index in [0.29, 0.717) is 0 Å². The summed E-state index contributed by atoms with van der Waals surface area (Å²) in [5, 5.41) is 8.90. The minimum atomic E-state index is -1.10. The summed E-state index contributed by atoms with van der Waals surface area (Å²) >= 11 is 0. The van der Waals surface area contributed by atoms with Crippen molar-refractivity contribution in [3.8, 4) is 5.75 Å². The average Bonchev–Trinajstić information content (AvgIpc) is 2.78. The van der Waals surface area contributed by atoms with Gasteiger partial charge in [-0.25, -0.2) is 9.69 Å². The van der Waals surface area contributed by atoms with Crippen LogP contribution in [0.3, 0.4) is 0 Å². The smallest absolute Gasteiger partial charge is 0.335 e. The lowest BCUT2D eigenvalue weighted by atomic mass is 10.1. The molecule has 2 aromatic rings. The Labute approximate surface area is 136 Å². The number of ether oxygens (including phenoxy) is 1. The fraction of sp³-hybridized carbons (Fsp3) is 0.0588. The number of benzene rings is 2. The number of anilines is 1. The van der Waals surface area contributed by atoms with Crippen LogP contribution in [0, 0.1) is 0 Å². The molecule has 3 rings (SSSR count). The molecule has 0 saturated heterocycles. The van der Waals surface area contributed by atoms with Gasteiger partial charge in [0.15, 0.2) is 0 Å². The summed E-state index contributed by atoms with van der Waals surface area (Å²) in [5.74, 6) is -2.55. The molecule has 7 heteroatoms. The van der Waals surface area contributed by atoms with Crippen molar-refractivity contribution >= 4 is 29.4 Å². The van der Waals surface area contributed by atoms with Gasteiger partial charge in [-0.1, -0.05) is 0 Å². The second-order valence-corrected chi connectivity index (χ2v) is 5.10. The van der Waals surface area contributed by atoms with E-state index >= 15 is 0 Å². The monoisotopic (exact) mass is 325 g/mol. The SMILES string of the molecule is CC(=O)Oc1ccc2c(c1)C(=O)N(c1ccc(C(=O)O)cc1)C2=O. The Morgan fingerprint density at radius 1 is 0.958 bits per heavy atom. The van der Waals surface area contributed by atoms with Gasteiger partial charge in [-0.3, -0.25) is 14.4 Å². The number of hydrogen-bond acceptors (Lipinski definition) is 5. The molecule has 1 aliphatic heterocycles. The van der Waals surface area contributed by atoms with Crippen molar-refractivity contribution in [2.24, 2.45) is 0 Å². The fourth-order valence-electron chi connectivity index (χ4n) is 2.44. The summed E-state index contributed by atoms with van der Waals surface area (Å²) in [5.41, 5.74) is 0.631. The predicted molar refractivity (Wildman–Crippen MR) is 82.3 cm³/mol. The zero-order valence-electron chi connectivity index (χ0n) is 12.5. The van der Waals surface area contributed by atoms with Gasteiger partial charge in [0, 0.05) is 6.92 Å². The van der Waals surface area contributed by atoms with Crippen LogP contribution in [0.2, 0.25) is 0 Å². The van der Waals surface area contributed by atoms with E-state index in [9.17, 15) is 19.2 Å². The van der Waals surface area contributed by atoms with Crippen molar-refractivity contribution in [3.05, 3.63) is 59.2 Å². The highest BCUT2D eigenvalue weighted by molar-refractivity contribution is 6.34. The summed E-state index contributed by atoms with van der Waals surface area (Å²) in [6, 6.07) is 9.58. The molecule has 0 unspecified atom stereocenters. The Bertz CT molecular complexity index is 884. The quantitative estimate of drug-likeness (QED) is 0.527. The second kappa shape index (κ2) is 5.62. The summed E-state index contributed by atoms with van der Waals surface area (Å²) in [6.45, 7) is 1.23. The average molecular weight is 325 g/mol. The molecule has 120 valence electrons. The molecule has 0 atom stereocenters. The van der Waals surface area contributed by atoms with E-state index in [1.807, 2.05) is 0 Å². The molecule has 0 bridgehead atoms. The predicted octanol–water partition coefficient (Wildman–Crippen LogP) is 2.11. The van der Waals surface area contributed by atoms with Gasteiger partial charge in [-0.05, 0) is 42.5 Å². The molecule has 1 aliphatic rings. The lowest BCUT2D eigenvalue weighted by Gasteiger charge is -2.13. The maximum atomic E-state index is 12.5. The van der Waals surface area contributed by atoms with Crippen LogP contribution in [-0.4, -0.2) is 28.9 Å². The molecule has 1 heterocycles. The fourth-order valence-corrected chi connectivity index (χ4v) is 2.44. The van der Waals surface area contributed by atoms with Crippen molar-refractivity contribution in [2.45, 2.75) is 6.92 Å². The van der Waals surface area contributed by atoms with E-state index in [4.69, 9.17) is 9.84 Å². The van der Waals surface area contributed by atoms with E-state index in [-0.39, 0.29) is 28.1 Å². The highest BCUT2D eigenvalue weighted by atomic mass is 16.5. The summed E-state index contributed by atoms with van der Waals surface area (Å²) < 4.78 is 4.92. The number of carbonyl (C=O) groups excluding carboxylic acids is 3. The molecule has 1 N–H and O–H groups in total. The summed E-state index contributed by atoms with van der Waals surface area (Å²) in [6.07, 6.45) is 0. The van der Waals surface area contributed by atoms with Crippen LogP contribution in [0.1, 0.15) is 38.0 Å². The first-order chi connectivity index (χ1) is 11.4. The largest absolute Gasteiger partial charge is 0.478 e. The Hall–Kier alpha value is -3.48. The third kappa shape index (κ3) is 2.52. The van der Waals surface area contributed by atoms with Crippen LogP contribution in [0.5, 0.6) is 5.75 Å². The zero-order chi connectivity index (χ0) is 17.4. The van der Waals surface area contributed by atoms with E-state index in [0.717, 1.165) is 4.90 Å². The molecule has 0 fully saturated rings. The topological polar surface area (TPSA) is 101 Å². The van der Waals surface area contributed by atoms with Crippen molar-refractivity contribution in [1.29, 1.82) is 0 Å². The number of nitrogens with zero attached hydrogens (tertiary/aromatic N) is 1. The molecule has 7 nitrogen and oxygen atoms in total. The number of carboxylic acid groups (broad SMARTS) is 1.